The van der Waals surface area contributed by atoms with Crippen LogP contribution in [0.1, 0.15) is 26.3 Å². The van der Waals surface area contributed by atoms with Crippen LogP contribution in [-0.4, -0.2) is 58.8 Å². The molecule has 2 rings (SSSR count). The van der Waals surface area contributed by atoms with Gasteiger partial charge in [-0.05, 0) is 31.6 Å². The van der Waals surface area contributed by atoms with Gasteiger partial charge in [0.05, 0.1) is 23.1 Å². The first-order valence-electron chi connectivity index (χ1n) is 10.0. The fourth-order valence-corrected chi connectivity index (χ4v) is 3.32. The van der Waals surface area contributed by atoms with Gasteiger partial charge in [-0.1, -0.05) is 12.1 Å². The fraction of sp³-hybridized carbons (Fsp3) is 0.400. The van der Waals surface area contributed by atoms with Crippen LogP contribution in [-0.2, 0) is 25.5 Å². The Morgan fingerprint density at radius 1 is 1.30 bits per heavy atom. The molecule has 1 aliphatic rings. The Kier molecular flexibility index (Phi) is 9.09. The maximum atomic E-state index is 12.8. The van der Waals surface area contributed by atoms with E-state index in [2.05, 4.69) is 16.1 Å². The molecule has 2 amide bonds. The fourth-order valence-electron chi connectivity index (χ4n) is 3.03. The van der Waals surface area contributed by atoms with Crippen LogP contribution in [0.5, 0.6) is 0 Å². The first kappa shape index (κ1) is 25.5. The van der Waals surface area contributed by atoms with Gasteiger partial charge in [0.25, 0.3) is 5.69 Å². The molecule has 1 atom stereocenters. The quantitative estimate of drug-likeness (QED) is 0.215. The Morgan fingerprint density at radius 3 is 2.67 bits per heavy atom. The molecule has 0 spiro atoms. The number of amides is 2. The molecular weight excluding hydrogens is 454 g/mol. The molecule has 178 valence electrons. The molecule has 12 nitrogen and oxygen atoms in total. The standard InChI is InChI=1S/C20H25N5O7S/c1-4-24(23-13(3)26)20(28)32-11-16-17(12(2)21-19(33)22-16)18(27)31-9-8-14-6-5-7-15(10-14)25(29)30/h5-7,10,16H,4,8-9,11H2,1-3H3,(H,23,26)(H2,21,22,33). The van der Waals surface area contributed by atoms with Crippen LogP contribution in [0.15, 0.2) is 35.5 Å². The summed E-state index contributed by atoms with van der Waals surface area (Å²) in [5.41, 5.74) is 3.57. The van der Waals surface area contributed by atoms with Crippen LogP contribution < -0.4 is 16.1 Å². The number of esters is 1. The van der Waals surface area contributed by atoms with Crippen molar-refractivity contribution in [2.24, 2.45) is 0 Å². The number of nitro groups is 1. The number of benzene rings is 1. The second kappa shape index (κ2) is 11.8. The van der Waals surface area contributed by atoms with Gasteiger partial charge in [-0.25, -0.2) is 14.6 Å². The van der Waals surface area contributed by atoms with Crippen molar-refractivity contribution in [1.29, 1.82) is 0 Å². The molecule has 0 bridgehead atoms. The minimum absolute atomic E-state index is 0.0140. The molecule has 0 aromatic heterocycles. The van der Waals surface area contributed by atoms with Crippen LogP contribution >= 0.6 is 12.2 Å². The van der Waals surface area contributed by atoms with Gasteiger partial charge in [-0.15, -0.1) is 0 Å². The highest BCUT2D eigenvalue weighted by molar-refractivity contribution is 7.80. The van der Waals surface area contributed by atoms with Crippen molar-refractivity contribution in [3.05, 3.63) is 51.2 Å². The molecule has 0 saturated carbocycles. The van der Waals surface area contributed by atoms with E-state index in [-0.39, 0.29) is 42.6 Å². The molecule has 0 radical (unpaired) electrons. The number of allylic oxidation sites excluding steroid dienone is 1. The molecule has 33 heavy (non-hydrogen) atoms. The summed E-state index contributed by atoms with van der Waals surface area (Å²) in [6, 6.07) is 5.28. The van der Waals surface area contributed by atoms with E-state index >= 15 is 0 Å². The zero-order valence-electron chi connectivity index (χ0n) is 18.4. The number of non-ortho nitro benzene ring substituents is 1. The molecule has 1 aliphatic heterocycles. The zero-order valence-corrected chi connectivity index (χ0v) is 19.2. The summed E-state index contributed by atoms with van der Waals surface area (Å²) < 4.78 is 10.6. The lowest BCUT2D eigenvalue weighted by Gasteiger charge is -2.30. The summed E-state index contributed by atoms with van der Waals surface area (Å²) in [5, 5.41) is 17.8. The highest BCUT2D eigenvalue weighted by atomic mass is 32.1. The number of nitrogens with zero attached hydrogens (tertiary/aromatic N) is 2. The van der Waals surface area contributed by atoms with Crippen LogP contribution in [0.4, 0.5) is 10.5 Å². The third kappa shape index (κ3) is 7.42. The average Bonchev–Trinajstić information content (AvgIpc) is 2.75. The first-order chi connectivity index (χ1) is 15.6. The lowest BCUT2D eigenvalue weighted by atomic mass is 10.0. The normalized spacial score (nSPS) is 15.1. The van der Waals surface area contributed by atoms with Gasteiger partial charge in [0.15, 0.2) is 5.11 Å². The van der Waals surface area contributed by atoms with Crippen molar-refractivity contribution < 1.29 is 28.8 Å². The summed E-state index contributed by atoms with van der Waals surface area (Å²) in [4.78, 5) is 46.6. The molecule has 1 heterocycles. The summed E-state index contributed by atoms with van der Waals surface area (Å²) in [6.45, 7) is 4.47. The number of ether oxygens (including phenoxy) is 2. The monoisotopic (exact) mass is 479 g/mol. The SMILES string of the molecule is CCN(NC(C)=O)C(=O)OCC1NC(=S)NC(C)=C1C(=O)OCCc1cccc([N+](=O)[O-])c1. The number of thiocarbonyl (C=S) groups is 1. The highest BCUT2D eigenvalue weighted by Gasteiger charge is 2.31. The van der Waals surface area contributed by atoms with E-state index in [9.17, 15) is 24.5 Å². The van der Waals surface area contributed by atoms with Crippen LogP contribution in [0.2, 0.25) is 0 Å². The molecule has 13 heteroatoms. The smallest absolute Gasteiger partial charge is 0.428 e. The van der Waals surface area contributed by atoms with E-state index in [4.69, 9.17) is 21.7 Å². The van der Waals surface area contributed by atoms with Crippen molar-refractivity contribution >= 4 is 41.0 Å². The predicted molar refractivity (Wildman–Crippen MR) is 121 cm³/mol. The lowest BCUT2D eigenvalue weighted by molar-refractivity contribution is -0.384. The number of nitrogens with one attached hydrogen (secondary N) is 3. The third-order valence-electron chi connectivity index (χ3n) is 4.53. The van der Waals surface area contributed by atoms with Gasteiger partial charge < -0.3 is 20.1 Å². The van der Waals surface area contributed by atoms with Crippen molar-refractivity contribution in [2.45, 2.75) is 33.2 Å². The number of nitro benzene ring substituents is 1. The van der Waals surface area contributed by atoms with Crippen LogP contribution in [0.3, 0.4) is 0 Å². The van der Waals surface area contributed by atoms with E-state index in [1.54, 1.807) is 26.0 Å². The Bertz CT molecular complexity index is 981. The Labute approximate surface area is 195 Å². The molecule has 0 fully saturated rings. The average molecular weight is 480 g/mol. The summed E-state index contributed by atoms with van der Waals surface area (Å²) in [7, 11) is 0. The maximum Gasteiger partial charge on any atom is 0.428 e. The third-order valence-corrected chi connectivity index (χ3v) is 4.75. The van der Waals surface area contributed by atoms with Gasteiger partial charge in [0.2, 0.25) is 5.91 Å². The maximum absolute atomic E-state index is 12.8. The molecular formula is C20H25N5O7S. The van der Waals surface area contributed by atoms with Gasteiger partial charge >= 0.3 is 12.1 Å². The first-order valence-corrected chi connectivity index (χ1v) is 10.4. The van der Waals surface area contributed by atoms with E-state index in [0.29, 0.717) is 11.3 Å². The Hall–Kier alpha value is -3.74. The zero-order chi connectivity index (χ0) is 24.5. The van der Waals surface area contributed by atoms with E-state index in [0.717, 1.165) is 5.01 Å². The number of rotatable bonds is 8. The van der Waals surface area contributed by atoms with Crippen molar-refractivity contribution in [3.63, 3.8) is 0 Å². The molecule has 1 unspecified atom stereocenters. The summed E-state index contributed by atoms with van der Waals surface area (Å²) in [6.07, 6.45) is -0.518. The Balaban J connectivity index is 2.01. The summed E-state index contributed by atoms with van der Waals surface area (Å²) in [5.74, 6) is -1.09. The topological polar surface area (TPSA) is 152 Å². The minimum atomic E-state index is -0.796. The van der Waals surface area contributed by atoms with Gasteiger partial charge in [0.1, 0.15) is 6.61 Å². The van der Waals surface area contributed by atoms with Gasteiger partial charge in [-0.2, -0.15) is 0 Å². The second-order valence-electron chi connectivity index (χ2n) is 6.99. The molecule has 1 aromatic carbocycles. The van der Waals surface area contributed by atoms with Crippen LogP contribution in [0.25, 0.3) is 0 Å². The molecule has 0 saturated heterocycles. The predicted octanol–water partition coefficient (Wildman–Crippen LogP) is 1.31. The van der Waals surface area contributed by atoms with E-state index < -0.39 is 28.9 Å². The number of carbonyl (C=O) groups excluding carboxylic acids is 3. The van der Waals surface area contributed by atoms with Crippen molar-refractivity contribution in [3.8, 4) is 0 Å². The summed E-state index contributed by atoms with van der Waals surface area (Å²) >= 11 is 5.12. The molecule has 3 N–H and O–H groups in total. The van der Waals surface area contributed by atoms with Crippen molar-refractivity contribution in [1.82, 2.24) is 21.1 Å². The Morgan fingerprint density at radius 2 is 2.03 bits per heavy atom. The van der Waals surface area contributed by atoms with Gasteiger partial charge in [-0.3, -0.25) is 20.3 Å². The lowest BCUT2D eigenvalue weighted by Crippen LogP contribution is -2.53. The van der Waals surface area contributed by atoms with Crippen LogP contribution in [0, 0.1) is 10.1 Å². The second-order valence-corrected chi connectivity index (χ2v) is 7.40. The van der Waals surface area contributed by atoms with E-state index in [1.807, 2.05) is 0 Å². The number of carbonyl (C=O) groups is 3. The minimum Gasteiger partial charge on any atom is -0.462 e. The molecule has 0 aliphatic carbocycles. The van der Waals surface area contributed by atoms with Crippen molar-refractivity contribution in [2.75, 3.05) is 19.8 Å². The van der Waals surface area contributed by atoms with E-state index in [1.165, 1.54) is 19.1 Å². The highest BCUT2D eigenvalue weighted by Crippen LogP contribution is 2.17. The number of hydrazine groups is 1. The number of hydrogen-bond donors (Lipinski definition) is 3. The van der Waals surface area contributed by atoms with Gasteiger partial charge in [0, 0.05) is 37.7 Å². The largest absolute Gasteiger partial charge is 0.462 e. The number of hydrogen-bond acceptors (Lipinski definition) is 8. The molecule has 1 aromatic rings.